The molecule has 19 heavy (non-hydrogen) atoms. The van der Waals surface area contributed by atoms with Crippen LogP contribution in [0.15, 0.2) is 23.8 Å². The summed E-state index contributed by atoms with van der Waals surface area (Å²) in [4.78, 5) is 25.8. The molecule has 0 N–H and O–H groups in total. The minimum absolute atomic E-state index is 0.0333. The fourth-order valence-electron chi connectivity index (χ4n) is 3.64. The van der Waals surface area contributed by atoms with Gasteiger partial charge in [0, 0.05) is 24.6 Å². The molecule has 1 saturated heterocycles. The van der Waals surface area contributed by atoms with Crippen LogP contribution in [0.1, 0.15) is 32.6 Å². The van der Waals surface area contributed by atoms with Crippen molar-refractivity contribution >= 4 is 11.7 Å². The Labute approximate surface area is 114 Å². The van der Waals surface area contributed by atoms with Crippen LogP contribution in [0.4, 0.5) is 0 Å². The average molecular weight is 259 g/mol. The van der Waals surface area contributed by atoms with Crippen LogP contribution >= 0.6 is 0 Å². The van der Waals surface area contributed by atoms with E-state index in [4.69, 9.17) is 0 Å². The number of hydrogen-bond acceptors (Lipinski definition) is 2. The smallest absolute Gasteiger partial charge is 0.253 e. The Morgan fingerprint density at radius 3 is 2.42 bits per heavy atom. The van der Waals surface area contributed by atoms with Gasteiger partial charge in [-0.05, 0) is 44.4 Å². The number of allylic oxidation sites excluding steroid dienone is 2. The van der Waals surface area contributed by atoms with E-state index < -0.39 is 0 Å². The number of amides is 1. The number of fused-ring (bicyclic) bond motifs is 2. The molecule has 3 rings (SSSR count). The maximum absolute atomic E-state index is 12.5. The van der Waals surface area contributed by atoms with Gasteiger partial charge in [0.2, 0.25) is 0 Å². The molecule has 2 aliphatic carbocycles. The Morgan fingerprint density at radius 2 is 1.89 bits per heavy atom. The van der Waals surface area contributed by atoms with Gasteiger partial charge in [0.05, 0.1) is 0 Å². The molecule has 3 aliphatic rings. The molecule has 3 atom stereocenters. The van der Waals surface area contributed by atoms with E-state index in [1.54, 1.807) is 6.92 Å². The van der Waals surface area contributed by atoms with E-state index in [2.05, 4.69) is 0 Å². The van der Waals surface area contributed by atoms with Crippen molar-refractivity contribution in [1.29, 1.82) is 0 Å². The molecule has 0 aromatic carbocycles. The summed E-state index contributed by atoms with van der Waals surface area (Å²) >= 11 is 0. The average Bonchev–Trinajstić information content (AvgIpc) is 2.76. The van der Waals surface area contributed by atoms with Crippen LogP contribution in [-0.2, 0) is 9.59 Å². The summed E-state index contributed by atoms with van der Waals surface area (Å²) in [7, 11) is 0. The van der Waals surface area contributed by atoms with Crippen LogP contribution in [0, 0.1) is 17.8 Å². The highest BCUT2D eigenvalue weighted by atomic mass is 16.2. The molecule has 2 bridgehead atoms. The second-order valence-electron chi connectivity index (χ2n) is 6.23. The lowest BCUT2D eigenvalue weighted by Crippen LogP contribution is -2.41. The molecule has 0 radical (unpaired) electrons. The second kappa shape index (κ2) is 4.95. The van der Waals surface area contributed by atoms with Crippen molar-refractivity contribution < 1.29 is 9.59 Å². The Bertz CT molecular complexity index is 451. The number of ketones is 1. The highest BCUT2D eigenvalue weighted by molar-refractivity contribution is 5.97. The lowest BCUT2D eigenvalue weighted by molar-refractivity contribution is -0.129. The SMILES string of the molecule is CC(=O)C1C=CC(C(=O)N2CC3CCC(C3)C2)=CC1. The quantitative estimate of drug-likeness (QED) is 0.763. The Balaban J connectivity index is 1.65. The number of nitrogens with zero attached hydrogens (tertiary/aromatic N) is 1. The zero-order valence-corrected chi connectivity index (χ0v) is 11.5. The van der Waals surface area contributed by atoms with Gasteiger partial charge in [-0.25, -0.2) is 0 Å². The van der Waals surface area contributed by atoms with Gasteiger partial charge in [0.15, 0.2) is 0 Å². The predicted octanol–water partition coefficient (Wildman–Crippen LogP) is 2.34. The van der Waals surface area contributed by atoms with Crippen LogP contribution in [0.2, 0.25) is 0 Å². The van der Waals surface area contributed by atoms with Crippen LogP contribution in [0.25, 0.3) is 0 Å². The van der Waals surface area contributed by atoms with Crippen LogP contribution < -0.4 is 0 Å². The third-order valence-corrected chi connectivity index (χ3v) is 4.76. The first-order valence-electron chi connectivity index (χ1n) is 7.31. The highest BCUT2D eigenvalue weighted by Crippen LogP contribution is 2.36. The Kier molecular flexibility index (Phi) is 3.29. The third kappa shape index (κ3) is 2.51. The number of hydrogen-bond donors (Lipinski definition) is 0. The molecule has 102 valence electrons. The van der Waals surface area contributed by atoms with Crippen molar-refractivity contribution in [2.75, 3.05) is 13.1 Å². The number of Topliss-reactive ketones (excluding diaryl/α,β-unsaturated/α-hetero) is 1. The molecule has 1 aliphatic heterocycles. The molecule has 3 nitrogen and oxygen atoms in total. The van der Waals surface area contributed by atoms with Crippen LogP contribution in [0.3, 0.4) is 0 Å². The summed E-state index contributed by atoms with van der Waals surface area (Å²) in [6.45, 7) is 3.46. The van der Waals surface area contributed by atoms with Crippen LogP contribution in [-0.4, -0.2) is 29.7 Å². The van der Waals surface area contributed by atoms with Gasteiger partial charge in [-0.3, -0.25) is 9.59 Å². The lowest BCUT2D eigenvalue weighted by Gasteiger charge is -2.32. The number of likely N-dealkylation sites (tertiary alicyclic amines) is 1. The largest absolute Gasteiger partial charge is 0.338 e. The zero-order chi connectivity index (χ0) is 13.4. The van der Waals surface area contributed by atoms with Crippen molar-refractivity contribution in [1.82, 2.24) is 4.90 Å². The summed E-state index contributed by atoms with van der Waals surface area (Å²) in [6.07, 6.45) is 10.2. The Hall–Kier alpha value is -1.38. The monoisotopic (exact) mass is 259 g/mol. The molecule has 0 spiro atoms. The fourth-order valence-corrected chi connectivity index (χ4v) is 3.64. The molecule has 3 unspecified atom stereocenters. The summed E-state index contributed by atoms with van der Waals surface area (Å²) < 4.78 is 0. The van der Waals surface area contributed by atoms with Gasteiger partial charge in [0.1, 0.15) is 5.78 Å². The molecule has 1 heterocycles. The van der Waals surface area contributed by atoms with E-state index in [1.807, 2.05) is 23.1 Å². The minimum atomic E-state index is -0.0333. The van der Waals surface area contributed by atoms with Crippen molar-refractivity contribution in [2.24, 2.45) is 17.8 Å². The van der Waals surface area contributed by atoms with Gasteiger partial charge in [-0.2, -0.15) is 0 Å². The van der Waals surface area contributed by atoms with E-state index in [0.717, 1.165) is 30.5 Å². The van der Waals surface area contributed by atoms with Gasteiger partial charge >= 0.3 is 0 Å². The summed E-state index contributed by atoms with van der Waals surface area (Å²) in [5.41, 5.74) is 0.777. The van der Waals surface area contributed by atoms with Gasteiger partial charge in [-0.15, -0.1) is 0 Å². The first-order chi connectivity index (χ1) is 9.13. The maximum atomic E-state index is 12.5. The van der Waals surface area contributed by atoms with Crippen molar-refractivity contribution in [3.63, 3.8) is 0 Å². The maximum Gasteiger partial charge on any atom is 0.253 e. The van der Waals surface area contributed by atoms with E-state index in [9.17, 15) is 9.59 Å². The van der Waals surface area contributed by atoms with Crippen molar-refractivity contribution in [2.45, 2.75) is 32.6 Å². The predicted molar refractivity (Wildman–Crippen MR) is 73.4 cm³/mol. The fraction of sp³-hybridized carbons (Fsp3) is 0.625. The Morgan fingerprint density at radius 1 is 1.21 bits per heavy atom. The van der Waals surface area contributed by atoms with E-state index in [0.29, 0.717) is 6.42 Å². The summed E-state index contributed by atoms with van der Waals surface area (Å²) in [6, 6.07) is 0. The standard InChI is InChI=1S/C16H21NO2/c1-11(18)14-4-6-15(7-5-14)16(19)17-9-12-2-3-13(8-12)10-17/h4,6-7,12-14H,2-3,5,8-10H2,1H3. The molecule has 3 heteroatoms. The van der Waals surface area contributed by atoms with Gasteiger partial charge in [0.25, 0.3) is 5.91 Å². The topological polar surface area (TPSA) is 37.4 Å². The first-order valence-corrected chi connectivity index (χ1v) is 7.31. The van der Waals surface area contributed by atoms with E-state index >= 15 is 0 Å². The molecule has 1 saturated carbocycles. The number of rotatable bonds is 2. The number of piperidine rings is 1. The molecule has 2 fully saturated rings. The van der Waals surface area contributed by atoms with E-state index in [1.165, 1.54) is 19.3 Å². The summed E-state index contributed by atoms with van der Waals surface area (Å²) in [5, 5.41) is 0. The highest BCUT2D eigenvalue weighted by Gasteiger charge is 2.35. The summed E-state index contributed by atoms with van der Waals surface area (Å²) in [5.74, 6) is 1.75. The first kappa shape index (κ1) is 12.6. The van der Waals surface area contributed by atoms with Crippen molar-refractivity contribution in [3.8, 4) is 0 Å². The van der Waals surface area contributed by atoms with Gasteiger partial charge < -0.3 is 4.90 Å². The zero-order valence-electron chi connectivity index (χ0n) is 11.5. The van der Waals surface area contributed by atoms with Gasteiger partial charge in [-0.1, -0.05) is 18.2 Å². The third-order valence-electron chi connectivity index (χ3n) is 4.76. The normalized spacial score (nSPS) is 33.2. The minimum Gasteiger partial charge on any atom is -0.338 e. The molecule has 1 amide bonds. The number of carbonyl (C=O) groups excluding carboxylic acids is 2. The van der Waals surface area contributed by atoms with E-state index in [-0.39, 0.29) is 17.6 Å². The number of carbonyl (C=O) groups is 2. The molecular weight excluding hydrogens is 238 g/mol. The lowest BCUT2D eigenvalue weighted by atomic mass is 9.92. The molecule has 0 aromatic heterocycles. The molecule has 0 aromatic rings. The van der Waals surface area contributed by atoms with Crippen LogP contribution in [0.5, 0.6) is 0 Å². The molecular formula is C16H21NO2. The second-order valence-corrected chi connectivity index (χ2v) is 6.23. The van der Waals surface area contributed by atoms with Crippen molar-refractivity contribution in [3.05, 3.63) is 23.8 Å².